The van der Waals surface area contributed by atoms with Crippen molar-refractivity contribution in [3.8, 4) is 11.4 Å². The van der Waals surface area contributed by atoms with Crippen molar-refractivity contribution in [1.82, 2.24) is 15.2 Å². The molecular weight excluding hydrogens is 242 g/mol. The van der Waals surface area contributed by atoms with Gasteiger partial charge in [0.25, 0.3) is 0 Å². The highest BCUT2D eigenvalue weighted by Gasteiger charge is 2.28. The van der Waals surface area contributed by atoms with Gasteiger partial charge in [0.15, 0.2) is 5.82 Å². The van der Waals surface area contributed by atoms with Crippen LogP contribution in [0.15, 0.2) is 16.7 Å². The van der Waals surface area contributed by atoms with Crippen LogP contribution in [0.1, 0.15) is 25.5 Å². The standard InChI is InChI=1S/C13H19N5O/c1-8-11(14)4-3-6-18(8)13-15-12(16-17-13)10-5-7-19-9(10)2/h5,7-8,11H,3-4,6,14H2,1-2H3,(H,15,16,17). The third-order valence-electron chi connectivity index (χ3n) is 3.89. The number of aryl methyl sites for hydroxylation is 1. The Kier molecular flexibility index (Phi) is 3.02. The molecule has 1 aliphatic heterocycles. The summed E-state index contributed by atoms with van der Waals surface area (Å²) in [5.74, 6) is 2.30. The fraction of sp³-hybridized carbons (Fsp3) is 0.538. The number of aromatic amines is 1. The zero-order valence-electron chi connectivity index (χ0n) is 11.3. The summed E-state index contributed by atoms with van der Waals surface area (Å²) < 4.78 is 5.29. The number of furan rings is 1. The lowest BCUT2D eigenvalue weighted by atomic mass is 9.99. The molecule has 2 aromatic rings. The Labute approximate surface area is 112 Å². The van der Waals surface area contributed by atoms with Gasteiger partial charge in [-0.05, 0) is 32.8 Å². The third kappa shape index (κ3) is 2.12. The summed E-state index contributed by atoms with van der Waals surface area (Å²) in [5.41, 5.74) is 7.06. The summed E-state index contributed by atoms with van der Waals surface area (Å²) in [4.78, 5) is 6.74. The molecule has 6 nitrogen and oxygen atoms in total. The number of hydrogen-bond donors (Lipinski definition) is 2. The second-order valence-electron chi connectivity index (χ2n) is 5.11. The van der Waals surface area contributed by atoms with E-state index in [1.807, 2.05) is 13.0 Å². The summed E-state index contributed by atoms with van der Waals surface area (Å²) >= 11 is 0. The molecule has 6 heteroatoms. The van der Waals surface area contributed by atoms with Gasteiger partial charge < -0.3 is 15.1 Å². The van der Waals surface area contributed by atoms with Crippen molar-refractivity contribution in [3.63, 3.8) is 0 Å². The van der Waals surface area contributed by atoms with Crippen molar-refractivity contribution in [1.29, 1.82) is 0 Å². The first-order valence-electron chi connectivity index (χ1n) is 6.66. The van der Waals surface area contributed by atoms with Crippen molar-refractivity contribution < 1.29 is 4.42 Å². The van der Waals surface area contributed by atoms with E-state index >= 15 is 0 Å². The quantitative estimate of drug-likeness (QED) is 0.859. The van der Waals surface area contributed by atoms with Crippen molar-refractivity contribution in [2.45, 2.75) is 38.8 Å². The van der Waals surface area contributed by atoms with Gasteiger partial charge in [-0.1, -0.05) is 0 Å². The van der Waals surface area contributed by atoms with Crippen LogP contribution in [-0.4, -0.2) is 33.8 Å². The van der Waals surface area contributed by atoms with Crippen LogP contribution in [0.25, 0.3) is 11.4 Å². The highest BCUT2D eigenvalue weighted by molar-refractivity contribution is 5.58. The SMILES string of the molecule is Cc1occc1-c1nc(N2CCCC(N)C2C)n[nH]1. The summed E-state index contributed by atoms with van der Waals surface area (Å²) in [5, 5.41) is 7.29. The number of H-pyrrole nitrogens is 1. The Balaban J connectivity index is 1.87. The maximum Gasteiger partial charge on any atom is 0.245 e. The van der Waals surface area contributed by atoms with Crippen LogP contribution >= 0.6 is 0 Å². The van der Waals surface area contributed by atoms with Gasteiger partial charge in [-0.3, -0.25) is 5.10 Å². The van der Waals surface area contributed by atoms with Gasteiger partial charge in [0.05, 0.1) is 11.8 Å². The minimum absolute atomic E-state index is 0.186. The van der Waals surface area contributed by atoms with Crippen molar-refractivity contribution >= 4 is 5.95 Å². The Morgan fingerprint density at radius 3 is 3.11 bits per heavy atom. The van der Waals surface area contributed by atoms with Crippen LogP contribution in [0.5, 0.6) is 0 Å². The smallest absolute Gasteiger partial charge is 0.245 e. The number of nitrogens with two attached hydrogens (primary N) is 1. The first kappa shape index (κ1) is 12.2. The number of anilines is 1. The first-order chi connectivity index (χ1) is 9.16. The van der Waals surface area contributed by atoms with E-state index in [4.69, 9.17) is 10.2 Å². The van der Waals surface area contributed by atoms with E-state index in [0.717, 1.165) is 42.5 Å². The van der Waals surface area contributed by atoms with E-state index in [1.54, 1.807) is 6.26 Å². The molecule has 0 aromatic carbocycles. The van der Waals surface area contributed by atoms with E-state index in [9.17, 15) is 0 Å². The Hall–Kier alpha value is -1.82. The van der Waals surface area contributed by atoms with Crippen molar-refractivity contribution in [2.75, 3.05) is 11.4 Å². The molecule has 0 radical (unpaired) electrons. The maximum atomic E-state index is 6.11. The summed E-state index contributed by atoms with van der Waals surface area (Å²) in [6, 6.07) is 2.35. The third-order valence-corrected chi connectivity index (χ3v) is 3.89. The zero-order valence-corrected chi connectivity index (χ0v) is 11.3. The molecular formula is C13H19N5O. The van der Waals surface area contributed by atoms with Crippen LogP contribution in [0.4, 0.5) is 5.95 Å². The number of piperidine rings is 1. The summed E-state index contributed by atoms with van der Waals surface area (Å²) in [6.07, 6.45) is 3.81. The highest BCUT2D eigenvalue weighted by Crippen LogP contribution is 2.25. The first-order valence-corrected chi connectivity index (χ1v) is 6.66. The van der Waals surface area contributed by atoms with Crippen LogP contribution in [0.3, 0.4) is 0 Å². The number of hydrogen-bond acceptors (Lipinski definition) is 5. The van der Waals surface area contributed by atoms with Crippen LogP contribution < -0.4 is 10.6 Å². The molecule has 19 heavy (non-hydrogen) atoms. The van der Waals surface area contributed by atoms with E-state index in [-0.39, 0.29) is 12.1 Å². The molecule has 3 heterocycles. The monoisotopic (exact) mass is 261 g/mol. The molecule has 102 valence electrons. The molecule has 3 rings (SSSR count). The molecule has 2 aromatic heterocycles. The molecule has 0 bridgehead atoms. The van der Waals surface area contributed by atoms with Crippen molar-refractivity contribution in [3.05, 3.63) is 18.1 Å². The minimum atomic E-state index is 0.186. The maximum absolute atomic E-state index is 6.11. The minimum Gasteiger partial charge on any atom is -0.469 e. The molecule has 0 spiro atoms. The second kappa shape index (κ2) is 4.70. The fourth-order valence-corrected chi connectivity index (χ4v) is 2.59. The van der Waals surface area contributed by atoms with Gasteiger partial charge in [-0.15, -0.1) is 5.10 Å². The second-order valence-corrected chi connectivity index (χ2v) is 5.11. The average Bonchev–Trinajstić information content (AvgIpc) is 3.01. The van der Waals surface area contributed by atoms with E-state index in [2.05, 4.69) is 27.0 Å². The van der Waals surface area contributed by atoms with Gasteiger partial charge >= 0.3 is 0 Å². The summed E-state index contributed by atoms with van der Waals surface area (Å²) in [6.45, 7) is 5.00. The lowest BCUT2D eigenvalue weighted by molar-refractivity contribution is 0.416. The van der Waals surface area contributed by atoms with Crippen LogP contribution in [0, 0.1) is 6.92 Å². The Bertz CT molecular complexity index is 561. The number of rotatable bonds is 2. The predicted octanol–water partition coefficient (Wildman–Crippen LogP) is 1.69. The van der Waals surface area contributed by atoms with Crippen LogP contribution in [0.2, 0.25) is 0 Å². The number of nitrogens with one attached hydrogen (secondary N) is 1. The predicted molar refractivity (Wildman–Crippen MR) is 72.8 cm³/mol. The average molecular weight is 261 g/mol. The molecule has 0 amide bonds. The number of nitrogens with zero attached hydrogens (tertiary/aromatic N) is 3. The molecule has 0 aliphatic carbocycles. The molecule has 3 N–H and O–H groups in total. The van der Waals surface area contributed by atoms with Crippen LogP contribution in [-0.2, 0) is 0 Å². The zero-order chi connectivity index (χ0) is 13.4. The molecule has 1 aliphatic rings. The largest absolute Gasteiger partial charge is 0.469 e. The van der Waals surface area contributed by atoms with E-state index in [0.29, 0.717) is 0 Å². The highest BCUT2D eigenvalue weighted by atomic mass is 16.3. The molecule has 1 fully saturated rings. The van der Waals surface area contributed by atoms with E-state index < -0.39 is 0 Å². The lowest BCUT2D eigenvalue weighted by Crippen LogP contribution is -2.50. The molecule has 2 atom stereocenters. The Morgan fingerprint density at radius 1 is 1.53 bits per heavy atom. The van der Waals surface area contributed by atoms with E-state index in [1.165, 1.54) is 0 Å². The van der Waals surface area contributed by atoms with Gasteiger partial charge in [0, 0.05) is 18.6 Å². The van der Waals surface area contributed by atoms with Crippen molar-refractivity contribution in [2.24, 2.45) is 5.73 Å². The molecule has 1 saturated heterocycles. The summed E-state index contributed by atoms with van der Waals surface area (Å²) in [7, 11) is 0. The Morgan fingerprint density at radius 2 is 2.37 bits per heavy atom. The normalized spacial score (nSPS) is 23.8. The van der Waals surface area contributed by atoms with Gasteiger partial charge in [0.1, 0.15) is 5.76 Å². The molecule has 0 saturated carbocycles. The lowest BCUT2D eigenvalue weighted by Gasteiger charge is -2.36. The van der Waals surface area contributed by atoms with Gasteiger partial charge in [0.2, 0.25) is 5.95 Å². The topological polar surface area (TPSA) is 84.0 Å². The molecule has 2 unspecified atom stereocenters. The number of aromatic nitrogens is 3. The van der Waals surface area contributed by atoms with Gasteiger partial charge in [-0.2, -0.15) is 4.98 Å². The van der Waals surface area contributed by atoms with Gasteiger partial charge in [-0.25, -0.2) is 0 Å². The fourth-order valence-electron chi connectivity index (χ4n) is 2.59.